The van der Waals surface area contributed by atoms with Crippen LogP contribution in [0.5, 0.6) is 17.2 Å². The van der Waals surface area contributed by atoms with E-state index in [0.29, 0.717) is 0 Å². The zero-order valence-corrected chi connectivity index (χ0v) is 16.1. The maximum Gasteiger partial charge on any atom is 0.142 e. The standard InChI is InChI=1S/C21H28N2O3/c1-16-19(24-2)10-9-17(21(16)26-4)15-22-11-13-23(14-12-22)18-7-5-6-8-20(18)25-3/h5-10H,11-15H2,1-4H3. The van der Waals surface area contributed by atoms with Crippen LogP contribution >= 0.6 is 0 Å². The highest BCUT2D eigenvalue weighted by atomic mass is 16.5. The highest BCUT2D eigenvalue weighted by molar-refractivity contribution is 5.58. The second kappa shape index (κ2) is 8.32. The first-order chi connectivity index (χ1) is 12.7. The monoisotopic (exact) mass is 356 g/mol. The third-order valence-electron chi connectivity index (χ3n) is 5.05. The van der Waals surface area contributed by atoms with E-state index in [4.69, 9.17) is 14.2 Å². The lowest BCUT2D eigenvalue weighted by Crippen LogP contribution is -2.46. The van der Waals surface area contributed by atoms with Crippen molar-refractivity contribution in [3.8, 4) is 17.2 Å². The Kier molecular flexibility index (Phi) is 5.89. The molecule has 1 fully saturated rings. The molecule has 0 spiro atoms. The van der Waals surface area contributed by atoms with Gasteiger partial charge < -0.3 is 19.1 Å². The van der Waals surface area contributed by atoms with Crippen molar-refractivity contribution >= 4 is 5.69 Å². The van der Waals surface area contributed by atoms with Crippen molar-refractivity contribution < 1.29 is 14.2 Å². The van der Waals surface area contributed by atoms with Crippen molar-refractivity contribution in [2.75, 3.05) is 52.4 Å². The van der Waals surface area contributed by atoms with E-state index in [1.54, 1.807) is 21.3 Å². The normalized spacial score (nSPS) is 15.0. The predicted octanol–water partition coefficient (Wildman–Crippen LogP) is 3.34. The van der Waals surface area contributed by atoms with Gasteiger partial charge in [-0.2, -0.15) is 0 Å². The molecule has 2 aromatic rings. The molecule has 0 radical (unpaired) electrons. The van der Waals surface area contributed by atoms with Gasteiger partial charge in [-0.15, -0.1) is 0 Å². The number of hydrogen-bond acceptors (Lipinski definition) is 5. The Hall–Kier alpha value is -2.40. The molecule has 5 heteroatoms. The molecule has 26 heavy (non-hydrogen) atoms. The van der Waals surface area contributed by atoms with Gasteiger partial charge in [-0.1, -0.05) is 18.2 Å². The molecule has 1 aliphatic rings. The summed E-state index contributed by atoms with van der Waals surface area (Å²) in [6, 6.07) is 12.4. The molecule has 0 saturated carbocycles. The Morgan fingerprint density at radius 2 is 1.50 bits per heavy atom. The third kappa shape index (κ3) is 3.73. The predicted molar refractivity (Wildman–Crippen MR) is 105 cm³/mol. The van der Waals surface area contributed by atoms with Gasteiger partial charge in [-0.25, -0.2) is 0 Å². The summed E-state index contributed by atoms with van der Waals surface area (Å²) in [5.41, 5.74) is 3.43. The topological polar surface area (TPSA) is 34.2 Å². The van der Waals surface area contributed by atoms with Crippen molar-refractivity contribution in [2.45, 2.75) is 13.5 Å². The number of methoxy groups -OCH3 is 3. The summed E-state index contributed by atoms with van der Waals surface area (Å²) in [5.74, 6) is 2.73. The van der Waals surface area contributed by atoms with Crippen LogP contribution in [0.15, 0.2) is 36.4 Å². The van der Waals surface area contributed by atoms with Crippen LogP contribution in [0.3, 0.4) is 0 Å². The molecule has 140 valence electrons. The van der Waals surface area contributed by atoms with Crippen LogP contribution in [0.25, 0.3) is 0 Å². The van der Waals surface area contributed by atoms with Crippen LogP contribution in [0.4, 0.5) is 5.69 Å². The number of ether oxygens (including phenoxy) is 3. The van der Waals surface area contributed by atoms with E-state index in [0.717, 1.165) is 55.5 Å². The molecule has 1 saturated heterocycles. The Bertz CT molecular complexity index is 740. The Morgan fingerprint density at radius 3 is 2.15 bits per heavy atom. The molecule has 1 aliphatic heterocycles. The second-order valence-electron chi connectivity index (χ2n) is 6.52. The highest BCUT2D eigenvalue weighted by Crippen LogP contribution is 2.33. The number of benzene rings is 2. The van der Waals surface area contributed by atoms with E-state index in [-0.39, 0.29) is 0 Å². The Morgan fingerprint density at radius 1 is 0.808 bits per heavy atom. The van der Waals surface area contributed by atoms with E-state index in [1.165, 1.54) is 11.3 Å². The molecule has 0 atom stereocenters. The number of nitrogens with zero attached hydrogens (tertiary/aromatic N) is 2. The van der Waals surface area contributed by atoms with E-state index < -0.39 is 0 Å². The maximum absolute atomic E-state index is 5.65. The van der Waals surface area contributed by atoms with Gasteiger partial charge in [0.05, 0.1) is 27.0 Å². The van der Waals surface area contributed by atoms with Gasteiger partial charge in [0.1, 0.15) is 17.2 Å². The molecule has 0 amide bonds. The number of piperazine rings is 1. The van der Waals surface area contributed by atoms with Gasteiger partial charge >= 0.3 is 0 Å². The van der Waals surface area contributed by atoms with E-state index >= 15 is 0 Å². The van der Waals surface area contributed by atoms with E-state index in [1.807, 2.05) is 25.1 Å². The van der Waals surface area contributed by atoms with Gasteiger partial charge in [0.25, 0.3) is 0 Å². The zero-order chi connectivity index (χ0) is 18.5. The van der Waals surface area contributed by atoms with Crippen molar-refractivity contribution in [2.24, 2.45) is 0 Å². The van der Waals surface area contributed by atoms with Crippen molar-refractivity contribution in [3.63, 3.8) is 0 Å². The largest absolute Gasteiger partial charge is 0.496 e. The van der Waals surface area contributed by atoms with Crippen molar-refractivity contribution in [3.05, 3.63) is 47.5 Å². The summed E-state index contributed by atoms with van der Waals surface area (Å²) in [5, 5.41) is 0. The van der Waals surface area contributed by atoms with Crippen LogP contribution in [0.1, 0.15) is 11.1 Å². The van der Waals surface area contributed by atoms with E-state index in [2.05, 4.69) is 28.0 Å². The van der Waals surface area contributed by atoms with Crippen molar-refractivity contribution in [1.29, 1.82) is 0 Å². The number of anilines is 1. The van der Waals surface area contributed by atoms with Crippen LogP contribution < -0.4 is 19.1 Å². The minimum atomic E-state index is 0.867. The SMILES string of the molecule is COc1ccccc1N1CCN(Cc2ccc(OC)c(C)c2OC)CC1. The molecule has 0 bridgehead atoms. The molecule has 5 nitrogen and oxygen atoms in total. The molecule has 0 unspecified atom stereocenters. The Balaban J connectivity index is 1.67. The molecule has 2 aromatic carbocycles. The first-order valence-corrected chi connectivity index (χ1v) is 8.98. The minimum Gasteiger partial charge on any atom is -0.496 e. The lowest BCUT2D eigenvalue weighted by Gasteiger charge is -2.36. The molecule has 0 aliphatic carbocycles. The summed E-state index contributed by atoms with van der Waals surface area (Å²) in [6.07, 6.45) is 0. The van der Waals surface area contributed by atoms with Crippen LogP contribution in [0, 0.1) is 6.92 Å². The highest BCUT2D eigenvalue weighted by Gasteiger charge is 2.21. The van der Waals surface area contributed by atoms with Gasteiger partial charge in [0.2, 0.25) is 0 Å². The maximum atomic E-state index is 5.65. The van der Waals surface area contributed by atoms with Crippen LogP contribution in [-0.4, -0.2) is 52.4 Å². The summed E-state index contributed by atoms with van der Waals surface area (Å²) >= 11 is 0. The van der Waals surface area contributed by atoms with Gasteiger partial charge in [0, 0.05) is 43.9 Å². The smallest absolute Gasteiger partial charge is 0.142 e. The van der Waals surface area contributed by atoms with Crippen LogP contribution in [-0.2, 0) is 6.54 Å². The average molecular weight is 356 g/mol. The molecular formula is C21H28N2O3. The van der Waals surface area contributed by atoms with Crippen LogP contribution in [0.2, 0.25) is 0 Å². The number of hydrogen-bond donors (Lipinski definition) is 0. The van der Waals surface area contributed by atoms with E-state index in [9.17, 15) is 0 Å². The molecule has 3 rings (SSSR count). The zero-order valence-electron chi connectivity index (χ0n) is 16.1. The fraction of sp³-hybridized carbons (Fsp3) is 0.429. The Labute approximate surface area is 156 Å². The fourth-order valence-corrected chi connectivity index (χ4v) is 3.64. The molecule has 0 aromatic heterocycles. The summed E-state index contributed by atoms with van der Waals surface area (Å²) < 4.78 is 16.6. The van der Waals surface area contributed by atoms with Gasteiger partial charge in [-0.3, -0.25) is 4.90 Å². The fourth-order valence-electron chi connectivity index (χ4n) is 3.64. The van der Waals surface area contributed by atoms with Crippen molar-refractivity contribution in [1.82, 2.24) is 4.90 Å². The van der Waals surface area contributed by atoms with Gasteiger partial charge in [0.15, 0.2) is 0 Å². The average Bonchev–Trinajstić information content (AvgIpc) is 2.69. The first kappa shape index (κ1) is 18.4. The van der Waals surface area contributed by atoms with Gasteiger partial charge in [-0.05, 0) is 25.1 Å². The summed E-state index contributed by atoms with van der Waals surface area (Å²) in [6.45, 7) is 6.91. The lowest BCUT2D eigenvalue weighted by atomic mass is 10.1. The minimum absolute atomic E-state index is 0.867. The molecular weight excluding hydrogens is 328 g/mol. The summed E-state index contributed by atoms with van der Waals surface area (Å²) in [4.78, 5) is 4.86. The summed E-state index contributed by atoms with van der Waals surface area (Å²) in [7, 11) is 5.15. The number of rotatable bonds is 6. The first-order valence-electron chi connectivity index (χ1n) is 8.98. The molecule has 0 N–H and O–H groups in total. The third-order valence-corrected chi connectivity index (χ3v) is 5.05. The molecule has 1 heterocycles. The quantitative estimate of drug-likeness (QED) is 0.793. The lowest BCUT2D eigenvalue weighted by molar-refractivity contribution is 0.245. The second-order valence-corrected chi connectivity index (χ2v) is 6.52. The number of para-hydroxylation sites is 2.